The summed E-state index contributed by atoms with van der Waals surface area (Å²) in [5.74, 6) is 0.567. The zero-order valence-corrected chi connectivity index (χ0v) is 25.1. The number of hydrazone groups is 1. The van der Waals surface area contributed by atoms with Gasteiger partial charge in [0.2, 0.25) is 0 Å². The Morgan fingerprint density at radius 3 is 2.31 bits per heavy atom. The first-order valence-electron chi connectivity index (χ1n) is 12.7. The summed E-state index contributed by atoms with van der Waals surface area (Å²) in [4.78, 5) is 25.9. The third kappa shape index (κ3) is 8.22. The fraction of sp³-hybridized carbons (Fsp3) is 0.0938. The Labute approximate surface area is 257 Å². The van der Waals surface area contributed by atoms with E-state index in [0.29, 0.717) is 43.4 Å². The third-order valence-corrected chi connectivity index (χ3v) is 6.87. The summed E-state index contributed by atoms with van der Waals surface area (Å²) in [5, 5.41) is 7.37. The van der Waals surface area contributed by atoms with Crippen molar-refractivity contribution < 1.29 is 23.8 Å². The van der Waals surface area contributed by atoms with Crippen LogP contribution in [0.4, 0.5) is 0 Å². The predicted octanol–water partition coefficient (Wildman–Crippen LogP) is 6.62. The first-order chi connectivity index (χ1) is 20.4. The normalized spacial score (nSPS) is 11.2. The Bertz CT molecular complexity index is 1610. The van der Waals surface area contributed by atoms with Gasteiger partial charge in [0.05, 0.1) is 24.9 Å². The van der Waals surface area contributed by atoms with Crippen LogP contribution in [0.1, 0.15) is 27.0 Å². The number of nitrogens with zero attached hydrogens (tertiary/aromatic N) is 1. The highest BCUT2D eigenvalue weighted by Gasteiger charge is 2.15. The van der Waals surface area contributed by atoms with Gasteiger partial charge in [-0.05, 0) is 75.6 Å². The minimum absolute atomic E-state index is 0.00764. The lowest BCUT2D eigenvalue weighted by Gasteiger charge is -2.14. The Kier molecular flexibility index (Phi) is 10.7. The van der Waals surface area contributed by atoms with Crippen LogP contribution in [-0.4, -0.2) is 32.2 Å². The van der Waals surface area contributed by atoms with E-state index in [1.165, 1.54) is 13.3 Å². The van der Waals surface area contributed by atoms with E-state index in [2.05, 4.69) is 31.8 Å². The SMILES string of the molecule is COc1ccc(/C=C(/NC(=O)c2ccccc2)C(=O)N/N=C\c2cc(Br)c(OCc3ccccc3Cl)c(OC)c2)cc1. The highest BCUT2D eigenvalue weighted by atomic mass is 79.9. The highest BCUT2D eigenvalue weighted by Crippen LogP contribution is 2.37. The maximum absolute atomic E-state index is 13.1. The van der Waals surface area contributed by atoms with E-state index in [0.717, 1.165) is 5.56 Å². The van der Waals surface area contributed by atoms with Gasteiger partial charge in [-0.2, -0.15) is 5.10 Å². The lowest BCUT2D eigenvalue weighted by Crippen LogP contribution is -2.32. The van der Waals surface area contributed by atoms with Crippen molar-refractivity contribution in [1.29, 1.82) is 0 Å². The van der Waals surface area contributed by atoms with Crippen LogP contribution in [0, 0.1) is 0 Å². The average molecular weight is 649 g/mol. The lowest BCUT2D eigenvalue weighted by atomic mass is 10.1. The topological polar surface area (TPSA) is 98.2 Å². The molecule has 0 saturated carbocycles. The van der Waals surface area contributed by atoms with E-state index in [4.69, 9.17) is 25.8 Å². The molecule has 0 spiro atoms. The van der Waals surface area contributed by atoms with E-state index in [1.54, 1.807) is 86.0 Å². The molecule has 2 amide bonds. The van der Waals surface area contributed by atoms with Crippen LogP contribution in [0.2, 0.25) is 5.02 Å². The van der Waals surface area contributed by atoms with Crippen molar-refractivity contribution >= 4 is 51.6 Å². The molecule has 0 unspecified atom stereocenters. The summed E-state index contributed by atoms with van der Waals surface area (Å²) in [5.41, 5.74) is 5.03. The van der Waals surface area contributed by atoms with Gasteiger partial charge >= 0.3 is 0 Å². The van der Waals surface area contributed by atoms with Gasteiger partial charge < -0.3 is 19.5 Å². The molecule has 0 bridgehead atoms. The van der Waals surface area contributed by atoms with Crippen molar-refractivity contribution in [3.8, 4) is 17.2 Å². The largest absolute Gasteiger partial charge is 0.497 e. The second kappa shape index (κ2) is 14.9. The Morgan fingerprint density at radius 2 is 1.62 bits per heavy atom. The monoisotopic (exact) mass is 647 g/mol. The maximum Gasteiger partial charge on any atom is 0.287 e. The van der Waals surface area contributed by atoms with Gasteiger partial charge in [0.1, 0.15) is 18.1 Å². The molecule has 0 aliphatic heterocycles. The third-order valence-electron chi connectivity index (χ3n) is 5.92. The van der Waals surface area contributed by atoms with Crippen LogP contribution >= 0.6 is 27.5 Å². The van der Waals surface area contributed by atoms with E-state index in [1.807, 2.05) is 18.2 Å². The van der Waals surface area contributed by atoms with Gasteiger partial charge in [-0.15, -0.1) is 0 Å². The summed E-state index contributed by atoms with van der Waals surface area (Å²) < 4.78 is 17.3. The molecule has 10 heteroatoms. The fourth-order valence-corrected chi connectivity index (χ4v) is 4.52. The van der Waals surface area contributed by atoms with Crippen molar-refractivity contribution in [2.75, 3.05) is 14.2 Å². The molecular weight excluding hydrogens is 622 g/mol. The second-order valence-electron chi connectivity index (χ2n) is 8.76. The van der Waals surface area contributed by atoms with Crippen molar-refractivity contribution in [3.05, 3.63) is 128 Å². The minimum Gasteiger partial charge on any atom is -0.497 e. The van der Waals surface area contributed by atoms with E-state index in [-0.39, 0.29) is 12.3 Å². The summed E-state index contributed by atoms with van der Waals surface area (Å²) >= 11 is 9.76. The van der Waals surface area contributed by atoms with Gasteiger partial charge in [-0.1, -0.05) is 60.1 Å². The number of rotatable bonds is 11. The molecule has 4 aromatic rings. The number of benzene rings is 4. The first-order valence-corrected chi connectivity index (χ1v) is 13.8. The molecule has 0 aromatic heterocycles. The van der Waals surface area contributed by atoms with Crippen molar-refractivity contribution in [3.63, 3.8) is 0 Å². The molecule has 0 atom stereocenters. The number of amides is 2. The number of methoxy groups -OCH3 is 2. The predicted molar refractivity (Wildman–Crippen MR) is 167 cm³/mol. The smallest absolute Gasteiger partial charge is 0.287 e. The maximum atomic E-state index is 13.1. The molecular formula is C32H27BrClN3O5. The molecule has 0 saturated heterocycles. The molecule has 42 heavy (non-hydrogen) atoms. The molecule has 0 radical (unpaired) electrons. The van der Waals surface area contributed by atoms with E-state index < -0.39 is 11.8 Å². The first kappa shape index (κ1) is 30.4. The van der Waals surface area contributed by atoms with Crippen LogP contribution in [0.3, 0.4) is 0 Å². The molecule has 0 aliphatic rings. The Morgan fingerprint density at radius 1 is 0.905 bits per heavy atom. The van der Waals surface area contributed by atoms with E-state index >= 15 is 0 Å². The van der Waals surface area contributed by atoms with Crippen LogP contribution in [0.15, 0.2) is 106 Å². The minimum atomic E-state index is -0.614. The van der Waals surface area contributed by atoms with E-state index in [9.17, 15) is 9.59 Å². The molecule has 0 aliphatic carbocycles. The number of hydrogen-bond acceptors (Lipinski definition) is 6. The Balaban J connectivity index is 1.50. The summed E-state index contributed by atoms with van der Waals surface area (Å²) in [6.07, 6.45) is 3.00. The number of carbonyl (C=O) groups excluding carboxylic acids is 2. The van der Waals surface area contributed by atoms with Gasteiger partial charge in [0.25, 0.3) is 11.8 Å². The molecule has 214 valence electrons. The van der Waals surface area contributed by atoms with Crippen LogP contribution in [0.25, 0.3) is 6.08 Å². The number of halogens is 2. The summed E-state index contributed by atoms with van der Waals surface area (Å²) in [6.45, 7) is 0.246. The molecule has 0 heterocycles. The van der Waals surface area contributed by atoms with Crippen molar-refractivity contribution in [2.45, 2.75) is 6.61 Å². The summed E-state index contributed by atoms with van der Waals surface area (Å²) in [7, 11) is 3.09. The van der Waals surface area contributed by atoms with Crippen molar-refractivity contribution in [2.24, 2.45) is 5.10 Å². The molecule has 4 rings (SSSR count). The number of carbonyl (C=O) groups is 2. The number of ether oxygens (including phenoxy) is 3. The quantitative estimate of drug-likeness (QED) is 0.108. The molecule has 2 N–H and O–H groups in total. The zero-order valence-electron chi connectivity index (χ0n) is 22.8. The van der Waals surface area contributed by atoms with Crippen LogP contribution < -0.4 is 25.0 Å². The molecule has 0 fully saturated rings. The zero-order chi connectivity index (χ0) is 29.9. The van der Waals surface area contributed by atoms with Gasteiger partial charge in [0.15, 0.2) is 11.5 Å². The van der Waals surface area contributed by atoms with Crippen LogP contribution in [0.5, 0.6) is 17.2 Å². The highest BCUT2D eigenvalue weighted by molar-refractivity contribution is 9.10. The average Bonchev–Trinajstić information content (AvgIpc) is 3.01. The Hall–Kier alpha value is -4.60. The van der Waals surface area contributed by atoms with Crippen molar-refractivity contribution in [1.82, 2.24) is 10.7 Å². The second-order valence-corrected chi connectivity index (χ2v) is 10.0. The standard InChI is InChI=1S/C32H27BrClN3O5/c1-40-25-14-12-21(13-15-25)17-28(36-31(38)23-8-4-3-5-9-23)32(39)37-35-19-22-16-26(33)30(29(18-22)41-2)42-20-24-10-6-7-11-27(24)34/h3-19H,20H2,1-2H3,(H,36,38)(H,37,39)/b28-17+,35-19-. The van der Waals surface area contributed by atoms with Gasteiger partial charge in [-0.3, -0.25) is 9.59 Å². The van der Waals surface area contributed by atoms with Gasteiger partial charge in [-0.25, -0.2) is 5.43 Å². The number of hydrogen-bond donors (Lipinski definition) is 2. The van der Waals surface area contributed by atoms with Gasteiger partial charge in [0, 0.05) is 16.1 Å². The molecule has 4 aromatic carbocycles. The fourth-order valence-electron chi connectivity index (χ4n) is 3.75. The molecule has 8 nitrogen and oxygen atoms in total. The lowest BCUT2D eigenvalue weighted by molar-refractivity contribution is -0.117. The summed E-state index contributed by atoms with van der Waals surface area (Å²) in [6, 6.07) is 26.5. The number of nitrogens with one attached hydrogen (secondary N) is 2. The van der Waals surface area contributed by atoms with Crippen LogP contribution in [-0.2, 0) is 11.4 Å².